The molecule has 2 aromatic rings. The number of hydrogen-bond acceptors (Lipinski definition) is 1. The van der Waals surface area contributed by atoms with Gasteiger partial charge in [-0.1, -0.05) is 11.6 Å². The number of pyridine rings is 1. The molecule has 2 rings (SSSR count). The molecule has 0 fully saturated rings. The number of fused-ring (bicyclic) bond motifs is 1. The van der Waals surface area contributed by atoms with Crippen LogP contribution in [0.5, 0.6) is 0 Å². The summed E-state index contributed by atoms with van der Waals surface area (Å²) in [6.45, 7) is 0. The fourth-order valence-corrected chi connectivity index (χ4v) is 1.15. The highest BCUT2D eigenvalue weighted by Gasteiger charge is 2.05. The summed E-state index contributed by atoms with van der Waals surface area (Å²) in [4.78, 5) is 6.61. The van der Waals surface area contributed by atoms with Crippen molar-refractivity contribution in [1.82, 2.24) is 9.97 Å². The standard InChI is InChI=1S/C7H4ClFN2/c8-6-4(9)3-11-5-1-2-10-7(5)6/h1-3,10H. The van der Waals surface area contributed by atoms with Gasteiger partial charge in [0.05, 0.1) is 17.2 Å². The van der Waals surface area contributed by atoms with Gasteiger partial charge in [-0.05, 0) is 6.07 Å². The van der Waals surface area contributed by atoms with E-state index in [1.54, 1.807) is 12.3 Å². The van der Waals surface area contributed by atoms with E-state index >= 15 is 0 Å². The molecule has 0 unspecified atom stereocenters. The number of hydrogen-bond donors (Lipinski definition) is 1. The summed E-state index contributed by atoms with van der Waals surface area (Å²) in [6.07, 6.45) is 2.78. The summed E-state index contributed by atoms with van der Waals surface area (Å²) < 4.78 is 12.7. The fourth-order valence-electron chi connectivity index (χ4n) is 0.947. The number of nitrogens with one attached hydrogen (secondary N) is 1. The molecule has 0 radical (unpaired) electrons. The van der Waals surface area contributed by atoms with Crippen molar-refractivity contribution in [3.05, 3.63) is 29.3 Å². The van der Waals surface area contributed by atoms with Crippen molar-refractivity contribution in [2.24, 2.45) is 0 Å². The Labute approximate surface area is 67.0 Å². The molecule has 0 spiro atoms. The lowest BCUT2D eigenvalue weighted by atomic mass is 10.4. The first-order valence-electron chi connectivity index (χ1n) is 3.06. The molecule has 0 aliphatic rings. The van der Waals surface area contributed by atoms with Crippen LogP contribution in [0.2, 0.25) is 5.02 Å². The Bertz CT molecular complexity index is 396. The van der Waals surface area contributed by atoms with E-state index < -0.39 is 5.82 Å². The van der Waals surface area contributed by atoms with Gasteiger partial charge >= 0.3 is 0 Å². The van der Waals surface area contributed by atoms with Crippen molar-refractivity contribution in [3.8, 4) is 0 Å². The minimum atomic E-state index is -0.499. The van der Waals surface area contributed by atoms with Gasteiger partial charge in [0.15, 0.2) is 5.82 Å². The van der Waals surface area contributed by atoms with Crippen LogP contribution in [0.15, 0.2) is 18.5 Å². The summed E-state index contributed by atoms with van der Waals surface area (Å²) in [6, 6.07) is 1.74. The summed E-state index contributed by atoms with van der Waals surface area (Å²) in [7, 11) is 0. The third-order valence-electron chi connectivity index (χ3n) is 1.47. The molecule has 11 heavy (non-hydrogen) atoms. The van der Waals surface area contributed by atoms with Crippen LogP contribution in [-0.2, 0) is 0 Å². The highest BCUT2D eigenvalue weighted by atomic mass is 35.5. The lowest BCUT2D eigenvalue weighted by molar-refractivity contribution is 0.624. The second-order valence-corrected chi connectivity index (χ2v) is 2.54. The molecule has 0 aromatic carbocycles. The van der Waals surface area contributed by atoms with E-state index in [1.807, 2.05) is 0 Å². The monoisotopic (exact) mass is 170 g/mol. The van der Waals surface area contributed by atoms with Gasteiger partial charge in [0.25, 0.3) is 0 Å². The maximum absolute atomic E-state index is 12.7. The van der Waals surface area contributed by atoms with E-state index in [9.17, 15) is 4.39 Å². The van der Waals surface area contributed by atoms with Crippen LogP contribution < -0.4 is 0 Å². The van der Waals surface area contributed by atoms with Gasteiger partial charge in [0.2, 0.25) is 0 Å². The quantitative estimate of drug-likeness (QED) is 0.646. The fraction of sp³-hybridized carbons (Fsp3) is 0. The minimum Gasteiger partial charge on any atom is -0.359 e. The molecule has 56 valence electrons. The van der Waals surface area contributed by atoms with Crippen LogP contribution in [0.25, 0.3) is 11.0 Å². The maximum Gasteiger partial charge on any atom is 0.162 e. The van der Waals surface area contributed by atoms with Crippen LogP contribution >= 0.6 is 11.6 Å². The molecule has 2 heterocycles. The lowest BCUT2D eigenvalue weighted by Gasteiger charge is -1.93. The molecule has 0 bridgehead atoms. The molecule has 0 saturated carbocycles. The van der Waals surface area contributed by atoms with Gasteiger partial charge in [-0.15, -0.1) is 0 Å². The number of aromatic amines is 1. The Morgan fingerprint density at radius 3 is 3.18 bits per heavy atom. The Morgan fingerprint density at radius 1 is 1.55 bits per heavy atom. The van der Waals surface area contributed by atoms with Crippen LogP contribution in [-0.4, -0.2) is 9.97 Å². The van der Waals surface area contributed by atoms with Crippen molar-refractivity contribution in [2.75, 3.05) is 0 Å². The summed E-state index contributed by atoms with van der Waals surface area (Å²) in [5.41, 5.74) is 1.23. The average Bonchev–Trinajstić information content (AvgIpc) is 2.45. The van der Waals surface area contributed by atoms with Crippen molar-refractivity contribution < 1.29 is 4.39 Å². The normalized spacial score (nSPS) is 10.7. The predicted molar refractivity (Wildman–Crippen MR) is 41.1 cm³/mol. The van der Waals surface area contributed by atoms with Crippen LogP contribution in [0.1, 0.15) is 0 Å². The average molecular weight is 171 g/mol. The van der Waals surface area contributed by atoms with E-state index in [-0.39, 0.29) is 5.02 Å². The number of H-pyrrole nitrogens is 1. The SMILES string of the molecule is Fc1cnc2cc[nH]c2c1Cl. The maximum atomic E-state index is 12.7. The smallest absolute Gasteiger partial charge is 0.162 e. The van der Waals surface area contributed by atoms with Gasteiger partial charge in [-0.25, -0.2) is 4.39 Å². The number of rotatable bonds is 0. The Kier molecular flexibility index (Phi) is 1.32. The third kappa shape index (κ3) is 0.886. The van der Waals surface area contributed by atoms with E-state index in [0.717, 1.165) is 6.20 Å². The molecule has 2 aromatic heterocycles. The van der Waals surface area contributed by atoms with Gasteiger partial charge in [0, 0.05) is 6.20 Å². The van der Waals surface area contributed by atoms with Gasteiger partial charge in [0.1, 0.15) is 5.02 Å². The van der Waals surface area contributed by atoms with E-state index in [1.165, 1.54) is 0 Å². The Morgan fingerprint density at radius 2 is 2.36 bits per heavy atom. The van der Waals surface area contributed by atoms with E-state index in [4.69, 9.17) is 11.6 Å². The van der Waals surface area contributed by atoms with Crippen molar-refractivity contribution in [2.45, 2.75) is 0 Å². The highest BCUT2D eigenvalue weighted by molar-refractivity contribution is 6.34. The molecule has 0 aliphatic heterocycles. The summed E-state index contributed by atoms with van der Waals surface area (Å²) >= 11 is 5.62. The number of aromatic nitrogens is 2. The number of halogens is 2. The molecule has 0 atom stereocenters. The molecule has 0 saturated heterocycles. The van der Waals surface area contributed by atoms with Crippen molar-refractivity contribution in [1.29, 1.82) is 0 Å². The molecule has 0 amide bonds. The Hall–Kier alpha value is -1.09. The molecule has 1 N–H and O–H groups in total. The second-order valence-electron chi connectivity index (χ2n) is 2.16. The molecular formula is C7H4ClFN2. The zero-order chi connectivity index (χ0) is 7.84. The molecule has 2 nitrogen and oxygen atoms in total. The van der Waals surface area contributed by atoms with Crippen molar-refractivity contribution >= 4 is 22.6 Å². The van der Waals surface area contributed by atoms with Crippen LogP contribution in [0, 0.1) is 5.82 Å². The summed E-state index contributed by atoms with van der Waals surface area (Å²) in [5.74, 6) is -0.499. The first kappa shape index (κ1) is 6.61. The van der Waals surface area contributed by atoms with Gasteiger partial charge in [-0.2, -0.15) is 0 Å². The van der Waals surface area contributed by atoms with E-state index in [2.05, 4.69) is 9.97 Å². The molecule has 0 aliphatic carbocycles. The summed E-state index contributed by atoms with van der Waals surface area (Å²) in [5, 5.41) is 0.0972. The zero-order valence-corrected chi connectivity index (χ0v) is 6.19. The largest absolute Gasteiger partial charge is 0.359 e. The molecule has 4 heteroatoms. The van der Waals surface area contributed by atoms with E-state index in [0.29, 0.717) is 11.0 Å². The van der Waals surface area contributed by atoms with Crippen LogP contribution in [0.3, 0.4) is 0 Å². The number of nitrogens with zero attached hydrogens (tertiary/aromatic N) is 1. The predicted octanol–water partition coefficient (Wildman–Crippen LogP) is 2.36. The molecular weight excluding hydrogens is 167 g/mol. The van der Waals surface area contributed by atoms with Gasteiger partial charge < -0.3 is 4.98 Å². The van der Waals surface area contributed by atoms with Crippen molar-refractivity contribution in [3.63, 3.8) is 0 Å². The first-order chi connectivity index (χ1) is 5.29. The third-order valence-corrected chi connectivity index (χ3v) is 1.84. The van der Waals surface area contributed by atoms with Gasteiger partial charge in [-0.3, -0.25) is 4.98 Å². The Balaban J connectivity index is 2.93. The first-order valence-corrected chi connectivity index (χ1v) is 3.44. The second kappa shape index (κ2) is 2.20. The zero-order valence-electron chi connectivity index (χ0n) is 5.44. The van der Waals surface area contributed by atoms with Crippen LogP contribution in [0.4, 0.5) is 4.39 Å². The lowest BCUT2D eigenvalue weighted by Crippen LogP contribution is -1.81. The minimum absolute atomic E-state index is 0.0972. The highest BCUT2D eigenvalue weighted by Crippen LogP contribution is 2.22. The topological polar surface area (TPSA) is 28.7 Å².